The van der Waals surface area contributed by atoms with Gasteiger partial charge in [-0.25, -0.2) is 0 Å². The Hall–Kier alpha value is -0.920. The second-order valence-electron chi connectivity index (χ2n) is 3.60. The van der Waals surface area contributed by atoms with E-state index < -0.39 is 30.1 Å². The standard InChI is InChI=1S/C9H10F6O2/c10-8(11,12)7(9(13,14)15)6(16)5-3-1-2-4-17-5/h3,6-7,16H,1-2,4H2. The fraction of sp³-hybridized carbons (Fsp3) is 0.778. The largest absolute Gasteiger partial charge is 0.495 e. The van der Waals surface area contributed by atoms with Crippen molar-refractivity contribution in [1.82, 2.24) is 0 Å². The van der Waals surface area contributed by atoms with Crippen LogP contribution in [-0.2, 0) is 4.74 Å². The minimum atomic E-state index is -5.57. The van der Waals surface area contributed by atoms with E-state index >= 15 is 0 Å². The van der Waals surface area contributed by atoms with E-state index in [-0.39, 0.29) is 13.0 Å². The number of alkyl halides is 6. The molecular formula is C9H10F6O2. The van der Waals surface area contributed by atoms with Crippen molar-refractivity contribution >= 4 is 0 Å². The summed E-state index contributed by atoms with van der Waals surface area (Å²) in [5, 5.41) is 9.17. The molecule has 0 aromatic rings. The first-order valence-corrected chi connectivity index (χ1v) is 4.78. The van der Waals surface area contributed by atoms with Gasteiger partial charge in [-0.2, -0.15) is 26.3 Å². The summed E-state index contributed by atoms with van der Waals surface area (Å²) in [6, 6.07) is 0. The summed E-state index contributed by atoms with van der Waals surface area (Å²) in [6.07, 6.45) is -12.0. The first kappa shape index (κ1) is 14.1. The van der Waals surface area contributed by atoms with Crippen LogP contribution in [-0.4, -0.2) is 30.2 Å². The van der Waals surface area contributed by atoms with E-state index in [4.69, 9.17) is 0 Å². The summed E-state index contributed by atoms with van der Waals surface area (Å²) < 4.78 is 78.2. The van der Waals surface area contributed by atoms with Gasteiger partial charge in [0.2, 0.25) is 0 Å². The molecule has 0 saturated carbocycles. The molecule has 0 amide bonds. The molecule has 0 aromatic heterocycles. The molecule has 0 bridgehead atoms. The van der Waals surface area contributed by atoms with Gasteiger partial charge in [0.1, 0.15) is 11.9 Å². The van der Waals surface area contributed by atoms with Gasteiger partial charge < -0.3 is 9.84 Å². The van der Waals surface area contributed by atoms with Gasteiger partial charge in [-0.1, -0.05) is 0 Å². The zero-order chi connectivity index (χ0) is 13.3. The van der Waals surface area contributed by atoms with Crippen LogP contribution >= 0.6 is 0 Å². The molecule has 0 aliphatic carbocycles. The molecule has 0 spiro atoms. The van der Waals surface area contributed by atoms with Gasteiger partial charge in [0, 0.05) is 0 Å². The maximum atomic E-state index is 12.3. The van der Waals surface area contributed by atoms with Crippen molar-refractivity contribution in [3.8, 4) is 0 Å². The van der Waals surface area contributed by atoms with Crippen LogP contribution in [0, 0.1) is 5.92 Å². The molecule has 1 heterocycles. The Morgan fingerprint density at radius 3 is 2.00 bits per heavy atom. The van der Waals surface area contributed by atoms with Crippen molar-refractivity contribution in [2.24, 2.45) is 5.92 Å². The number of hydrogen-bond donors (Lipinski definition) is 1. The lowest BCUT2D eigenvalue weighted by Crippen LogP contribution is -2.46. The highest BCUT2D eigenvalue weighted by Gasteiger charge is 2.61. The second-order valence-corrected chi connectivity index (χ2v) is 3.60. The lowest BCUT2D eigenvalue weighted by molar-refractivity contribution is -0.304. The Morgan fingerprint density at radius 2 is 1.65 bits per heavy atom. The molecule has 0 radical (unpaired) electrons. The maximum absolute atomic E-state index is 12.3. The maximum Gasteiger partial charge on any atom is 0.403 e. The van der Waals surface area contributed by atoms with E-state index in [1.807, 2.05) is 0 Å². The van der Waals surface area contributed by atoms with Gasteiger partial charge in [-0.05, 0) is 18.9 Å². The Balaban J connectivity index is 2.95. The highest BCUT2D eigenvalue weighted by atomic mass is 19.4. The summed E-state index contributed by atoms with van der Waals surface area (Å²) in [6.45, 7) is 0.00529. The third kappa shape index (κ3) is 3.52. The number of aliphatic hydroxyl groups is 1. The van der Waals surface area contributed by atoms with Crippen molar-refractivity contribution in [3.05, 3.63) is 11.8 Å². The predicted octanol–water partition coefficient (Wildman–Crippen LogP) is 2.78. The van der Waals surface area contributed by atoms with E-state index in [1.165, 1.54) is 0 Å². The fourth-order valence-electron chi connectivity index (χ4n) is 1.49. The topological polar surface area (TPSA) is 29.5 Å². The molecule has 1 aliphatic heterocycles. The van der Waals surface area contributed by atoms with Crippen LogP contribution < -0.4 is 0 Å². The van der Waals surface area contributed by atoms with E-state index in [0.29, 0.717) is 6.42 Å². The van der Waals surface area contributed by atoms with E-state index in [1.54, 1.807) is 0 Å². The molecule has 1 atom stereocenters. The Bertz CT molecular complexity index is 279. The number of ether oxygens (including phenoxy) is 1. The lowest BCUT2D eigenvalue weighted by atomic mass is 9.98. The third-order valence-electron chi connectivity index (χ3n) is 2.28. The van der Waals surface area contributed by atoms with E-state index in [0.717, 1.165) is 6.08 Å². The van der Waals surface area contributed by atoms with Crippen LogP contribution in [0.5, 0.6) is 0 Å². The number of aliphatic hydroxyl groups excluding tert-OH is 1. The molecule has 0 aromatic carbocycles. The normalized spacial score (nSPS) is 19.9. The molecule has 2 nitrogen and oxygen atoms in total. The first-order valence-electron chi connectivity index (χ1n) is 4.78. The Morgan fingerprint density at radius 1 is 1.12 bits per heavy atom. The molecule has 1 N–H and O–H groups in total. The fourth-order valence-corrected chi connectivity index (χ4v) is 1.49. The molecule has 1 aliphatic rings. The molecule has 100 valence electrons. The second kappa shape index (κ2) is 4.75. The van der Waals surface area contributed by atoms with Crippen molar-refractivity contribution < 1.29 is 36.2 Å². The number of allylic oxidation sites excluding steroid dienone is 1. The quantitative estimate of drug-likeness (QED) is 0.777. The highest BCUT2D eigenvalue weighted by molar-refractivity contribution is 5.06. The molecule has 0 fully saturated rings. The van der Waals surface area contributed by atoms with E-state index in [2.05, 4.69) is 4.74 Å². The minimum Gasteiger partial charge on any atom is -0.495 e. The molecule has 0 saturated heterocycles. The predicted molar refractivity (Wildman–Crippen MR) is 44.9 cm³/mol. The Labute approximate surface area is 92.9 Å². The molecule has 8 heteroatoms. The van der Waals surface area contributed by atoms with Crippen molar-refractivity contribution in [2.45, 2.75) is 31.3 Å². The highest BCUT2D eigenvalue weighted by Crippen LogP contribution is 2.43. The zero-order valence-corrected chi connectivity index (χ0v) is 8.48. The summed E-state index contributed by atoms with van der Waals surface area (Å²) in [7, 11) is 0. The van der Waals surface area contributed by atoms with Gasteiger partial charge in [0.25, 0.3) is 0 Å². The third-order valence-corrected chi connectivity index (χ3v) is 2.28. The number of rotatable bonds is 2. The van der Waals surface area contributed by atoms with Crippen LogP contribution in [0.15, 0.2) is 11.8 Å². The molecule has 1 unspecified atom stereocenters. The van der Waals surface area contributed by atoms with Gasteiger partial charge >= 0.3 is 12.4 Å². The van der Waals surface area contributed by atoms with Crippen molar-refractivity contribution in [3.63, 3.8) is 0 Å². The smallest absolute Gasteiger partial charge is 0.403 e. The van der Waals surface area contributed by atoms with Gasteiger partial charge in [0.15, 0.2) is 5.92 Å². The minimum absolute atomic E-state index is 0.00529. The summed E-state index contributed by atoms with van der Waals surface area (Å²) in [5.74, 6) is -4.48. The van der Waals surface area contributed by atoms with Crippen molar-refractivity contribution in [2.75, 3.05) is 6.61 Å². The first-order chi connectivity index (χ1) is 7.64. The van der Waals surface area contributed by atoms with Crippen LogP contribution in [0.2, 0.25) is 0 Å². The van der Waals surface area contributed by atoms with Gasteiger partial charge in [-0.3, -0.25) is 0 Å². The molecule has 17 heavy (non-hydrogen) atoms. The van der Waals surface area contributed by atoms with Crippen LogP contribution in [0.4, 0.5) is 26.3 Å². The van der Waals surface area contributed by atoms with Crippen LogP contribution in [0.1, 0.15) is 12.8 Å². The number of halogens is 6. The van der Waals surface area contributed by atoms with Crippen molar-refractivity contribution in [1.29, 1.82) is 0 Å². The zero-order valence-electron chi connectivity index (χ0n) is 8.48. The summed E-state index contributed by atoms with van der Waals surface area (Å²) in [5.41, 5.74) is 0. The summed E-state index contributed by atoms with van der Waals surface area (Å²) >= 11 is 0. The molecule has 1 rings (SSSR count). The van der Waals surface area contributed by atoms with Gasteiger partial charge in [-0.15, -0.1) is 0 Å². The van der Waals surface area contributed by atoms with Crippen LogP contribution in [0.25, 0.3) is 0 Å². The molecular weight excluding hydrogens is 254 g/mol. The number of hydrogen-bond acceptors (Lipinski definition) is 2. The monoisotopic (exact) mass is 264 g/mol. The summed E-state index contributed by atoms with van der Waals surface area (Å²) in [4.78, 5) is 0. The Kier molecular flexibility index (Phi) is 3.95. The van der Waals surface area contributed by atoms with Crippen LogP contribution in [0.3, 0.4) is 0 Å². The van der Waals surface area contributed by atoms with Gasteiger partial charge in [0.05, 0.1) is 6.61 Å². The average Bonchev–Trinajstić information content (AvgIpc) is 2.14. The SMILES string of the molecule is OC(C1=CCCCO1)C(C(F)(F)F)C(F)(F)F. The van der Waals surface area contributed by atoms with E-state index in [9.17, 15) is 31.4 Å². The average molecular weight is 264 g/mol. The lowest BCUT2D eigenvalue weighted by Gasteiger charge is -2.29.